The Bertz CT molecular complexity index is 1240. The van der Waals surface area contributed by atoms with Crippen LogP contribution < -0.4 is 20.1 Å². The molecule has 1 aliphatic rings. The van der Waals surface area contributed by atoms with Crippen molar-refractivity contribution in [3.8, 4) is 22.9 Å². The molecule has 3 N–H and O–H groups in total. The third-order valence-electron chi connectivity index (χ3n) is 6.43. The molecule has 1 saturated heterocycles. The van der Waals surface area contributed by atoms with E-state index in [2.05, 4.69) is 43.5 Å². The number of aromatic nitrogens is 4. The molecule has 1 fully saturated rings. The summed E-state index contributed by atoms with van der Waals surface area (Å²) in [6, 6.07) is 6.24. The molecule has 0 radical (unpaired) electrons. The van der Waals surface area contributed by atoms with E-state index >= 15 is 0 Å². The molecular weight excluding hydrogens is 404 g/mol. The molecule has 0 spiro atoms. The molecule has 4 aromatic heterocycles. The third-order valence-corrected chi connectivity index (χ3v) is 6.43. The summed E-state index contributed by atoms with van der Waals surface area (Å²) in [5.74, 6) is 1.85. The number of piperidine rings is 1. The highest BCUT2D eigenvalue weighted by molar-refractivity contribution is 5.96. The minimum atomic E-state index is 0.476. The number of aryl methyl sites for hydroxylation is 1. The molecule has 32 heavy (non-hydrogen) atoms. The Labute approximate surface area is 187 Å². The van der Waals surface area contributed by atoms with E-state index in [0.717, 1.165) is 65.4 Å². The summed E-state index contributed by atoms with van der Waals surface area (Å²) in [6.45, 7) is 4.14. The lowest BCUT2D eigenvalue weighted by atomic mass is 9.98. The maximum Gasteiger partial charge on any atom is 0.257 e. The highest BCUT2D eigenvalue weighted by Gasteiger charge is 2.18. The summed E-state index contributed by atoms with van der Waals surface area (Å²) >= 11 is 0. The number of H-pyrrole nitrogens is 1. The maximum absolute atomic E-state index is 5.44. The van der Waals surface area contributed by atoms with Gasteiger partial charge in [-0.3, -0.25) is 0 Å². The fourth-order valence-electron chi connectivity index (χ4n) is 4.63. The summed E-state index contributed by atoms with van der Waals surface area (Å²) in [4.78, 5) is 12.8. The van der Waals surface area contributed by atoms with E-state index in [-0.39, 0.29) is 0 Å². The van der Waals surface area contributed by atoms with E-state index in [0.29, 0.717) is 11.6 Å². The van der Waals surface area contributed by atoms with E-state index in [9.17, 15) is 0 Å². The van der Waals surface area contributed by atoms with Crippen molar-refractivity contribution in [2.24, 2.45) is 13.0 Å². The Balaban J connectivity index is 1.46. The second-order valence-electron chi connectivity index (χ2n) is 8.46. The molecular formula is C24H30N6O2. The molecule has 5 rings (SSSR count). The highest BCUT2D eigenvalue weighted by Crippen LogP contribution is 2.36. The minimum Gasteiger partial charge on any atom is -0.491 e. The number of hydrogen-bond donors (Lipinski definition) is 3. The van der Waals surface area contributed by atoms with Crippen molar-refractivity contribution in [2.75, 3.05) is 33.9 Å². The van der Waals surface area contributed by atoms with Crippen LogP contribution in [0.15, 0.2) is 30.6 Å². The van der Waals surface area contributed by atoms with Crippen molar-refractivity contribution < 1.29 is 9.47 Å². The van der Waals surface area contributed by atoms with Gasteiger partial charge in [0.1, 0.15) is 11.2 Å². The molecule has 4 aromatic rings. The van der Waals surface area contributed by atoms with Crippen LogP contribution in [0.2, 0.25) is 0 Å². The average Bonchev–Trinajstić information content (AvgIpc) is 3.40. The smallest absolute Gasteiger partial charge is 0.257 e. The number of hydrogen-bond acceptors (Lipinski definition) is 6. The fraction of sp³-hybridized carbons (Fsp3) is 0.417. The van der Waals surface area contributed by atoms with Crippen LogP contribution in [-0.2, 0) is 13.6 Å². The van der Waals surface area contributed by atoms with Gasteiger partial charge in [-0.05, 0) is 56.1 Å². The van der Waals surface area contributed by atoms with Crippen LogP contribution in [0.25, 0.3) is 33.3 Å². The summed E-state index contributed by atoms with van der Waals surface area (Å²) < 4.78 is 12.9. The van der Waals surface area contributed by atoms with Crippen LogP contribution >= 0.6 is 0 Å². The van der Waals surface area contributed by atoms with Gasteiger partial charge in [0, 0.05) is 43.0 Å². The molecule has 168 valence electrons. The van der Waals surface area contributed by atoms with Gasteiger partial charge >= 0.3 is 0 Å². The zero-order chi connectivity index (χ0) is 22.1. The first-order valence-corrected chi connectivity index (χ1v) is 11.1. The van der Waals surface area contributed by atoms with Crippen LogP contribution in [-0.4, -0.2) is 53.4 Å². The Morgan fingerprint density at radius 1 is 1.19 bits per heavy atom. The van der Waals surface area contributed by atoms with Crippen molar-refractivity contribution in [1.82, 2.24) is 30.2 Å². The number of ether oxygens (including phenoxy) is 2. The van der Waals surface area contributed by atoms with Crippen LogP contribution in [0.5, 0.6) is 11.6 Å². The second-order valence-corrected chi connectivity index (χ2v) is 8.46. The van der Waals surface area contributed by atoms with Crippen molar-refractivity contribution in [3.63, 3.8) is 0 Å². The Morgan fingerprint density at radius 3 is 2.81 bits per heavy atom. The van der Waals surface area contributed by atoms with Gasteiger partial charge in [0.2, 0.25) is 0 Å². The summed E-state index contributed by atoms with van der Waals surface area (Å²) in [5.41, 5.74) is 5.98. The predicted octanol–water partition coefficient (Wildman–Crippen LogP) is 3.22. The molecule has 0 atom stereocenters. The molecule has 0 amide bonds. The molecule has 0 aromatic carbocycles. The van der Waals surface area contributed by atoms with Crippen molar-refractivity contribution in [3.05, 3.63) is 36.2 Å². The first-order chi connectivity index (χ1) is 15.7. The summed E-state index contributed by atoms with van der Waals surface area (Å²) in [7, 11) is 5.24. The van der Waals surface area contributed by atoms with Gasteiger partial charge in [-0.15, -0.1) is 0 Å². The van der Waals surface area contributed by atoms with E-state index in [1.165, 1.54) is 18.4 Å². The normalized spacial score (nSPS) is 15.0. The molecule has 0 bridgehead atoms. The average molecular weight is 435 g/mol. The first kappa shape index (κ1) is 20.8. The zero-order valence-electron chi connectivity index (χ0n) is 18.9. The SMILES string of the molecule is COc1cc2c(nc1OC)c(-c1cc3c(CNCC4CCNCC4)ccnc3[nH]1)cn2C. The maximum atomic E-state index is 5.44. The summed E-state index contributed by atoms with van der Waals surface area (Å²) in [6.07, 6.45) is 6.44. The Hall–Kier alpha value is -3.10. The van der Waals surface area contributed by atoms with Gasteiger partial charge in [0.15, 0.2) is 5.75 Å². The number of pyridine rings is 2. The number of nitrogens with zero attached hydrogens (tertiary/aromatic N) is 3. The first-order valence-electron chi connectivity index (χ1n) is 11.1. The van der Waals surface area contributed by atoms with Crippen molar-refractivity contribution in [1.29, 1.82) is 0 Å². The largest absolute Gasteiger partial charge is 0.491 e. The lowest BCUT2D eigenvalue weighted by Crippen LogP contribution is -2.33. The molecule has 1 aliphatic heterocycles. The lowest BCUT2D eigenvalue weighted by molar-refractivity contribution is 0.344. The number of rotatable bonds is 7. The molecule has 0 unspecified atom stereocenters. The van der Waals surface area contributed by atoms with Gasteiger partial charge < -0.3 is 29.7 Å². The van der Waals surface area contributed by atoms with E-state index in [4.69, 9.17) is 14.5 Å². The summed E-state index contributed by atoms with van der Waals surface area (Å²) in [5, 5.41) is 8.23. The molecule has 8 nitrogen and oxygen atoms in total. The number of methoxy groups -OCH3 is 2. The third kappa shape index (κ3) is 3.80. The molecule has 0 aliphatic carbocycles. The highest BCUT2D eigenvalue weighted by atomic mass is 16.5. The second kappa shape index (κ2) is 8.80. The van der Waals surface area contributed by atoms with Crippen LogP contribution in [0.1, 0.15) is 18.4 Å². The van der Waals surface area contributed by atoms with E-state index in [1.807, 2.05) is 19.3 Å². The quantitative estimate of drug-likeness (QED) is 0.414. The monoisotopic (exact) mass is 434 g/mol. The molecule has 0 saturated carbocycles. The van der Waals surface area contributed by atoms with Gasteiger partial charge in [0.25, 0.3) is 5.88 Å². The standard InChI is InChI=1S/C24H30N6O2/c1-30-14-18(22-20(30)11-21(31-2)24(29-22)32-3)19-10-17-16(6-9-27-23(17)28-19)13-26-12-15-4-7-25-8-5-15/h6,9-11,14-15,25-26H,4-5,7-8,12-13H2,1-3H3,(H,27,28). The van der Waals surface area contributed by atoms with E-state index in [1.54, 1.807) is 14.2 Å². The van der Waals surface area contributed by atoms with Gasteiger partial charge in [-0.1, -0.05) is 0 Å². The molecule has 5 heterocycles. The van der Waals surface area contributed by atoms with Gasteiger partial charge in [-0.25, -0.2) is 9.97 Å². The van der Waals surface area contributed by atoms with Crippen LogP contribution in [0.4, 0.5) is 0 Å². The van der Waals surface area contributed by atoms with Gasteiger partial charge in [0.05, 0.1) is 25.4 Å². The molecule has 8 heteroatoms. The zero-order valence-corrected chi connectivity index (χ0v) is 18.9. The minimum absolute atomic E-state index is 0.476. The van der Waals surface area contributed by atoms with Crippen molar-refractivity contribution >= 4 is 22.1 Å². The number of aromatic amines is 1. The Kier molecular flexibility index (Phi) is 5.71. The van der Waals surface area contributed by atoms with Crippen LogP contribution in [0.3, 0.4) is 0 Å². The van der Waals surface area contributed by atoms with E-state index < -0.39 is 0 Å². The predicted molar refractivity (Wildman–Crippen MR) is 126 cm³/mol. The van der Waals surface area contributed by atoms with Gasteiger partial charge in [-0.2, -0.15) is 0 Å². The fourth-order valence-corrected chi connectivity index (χ4v) is 4.63. The van der Waals surface area contributed by atoms with Crippen LogP contribution in [0, 0.1) is 5.92 Å². The van der Waals surface area contributed by atoms with Crippen molar-refractivity contribution in [2.45, 2.75) is 19.4 Å². The lowest BCUT2D eigenvalue weighted by Gasteiger charge is -2.22. The number of nitrogens with one attached hydrogen (secondary N) is 3. The number of fused-ring (bicyclic) bond motifs is 2. The topological polar surface area (TPSA) is 89.0 Å². The Morgan fingerprint density at radius 2 is 2.03 bits per heavy atom.